The maximum atomic E-state index is 13.0. The van der Waals surface area contributed by atoms with E-state index in [0.29, 0.717) is 5.75 Å². The number of aromatic nitrogens is 1. The zero-order valence-corrected chi connectivity index (χ0v) is 17.1. The smallest absolute Gasteiger partial charge is 0.261 e. The third-order valence-electron chi connectivity index (χ3n) is 4.93. The van der Waals surface area contributed by atoms with Gasteiger partial charge in [0, 0.05) is 34.6 Å². The summed E-state index contributed by atoms with van der Waals surface area (Å²) in [5.74, 6) is 1.29. The van der Waals surface area contributed by atoms with Gasteiger partial charge < -0.3 is 19.4 Å². The minimum atomic E-state index is -0.182. The van der Waals surface area contributed by atoms with E-state index in [1.807, 2.05) is 55.0 Å². The molecule has 29 heavy (non-hydrogen) atoms. The van der Waals surface area contributed by atoms with Gasteiger partial charge in [-0.2, -0.15) is 0 Å². The Kier molecular flexibility index (Phi) is 5.53. The van der Waals surface area contributed by atoms with Gasteiger partial charge in [0.05, 0.1) is 13.2 Å². The number of amides is 1. The molecule has 0 fully saturated rings. The maximum absolute atomic E-state index is 13.0. The Bertz CT molecular complexity index is 1090. The molecule has 1 atom stereocenters. The fourth-order valence-corrected chi connectivity index (χ4v) is 4.27. The zero-order valence-electron chi connectivity index (χ0n) is 16.3. The Morgan fingerprint density at radius 1 is 1.07 bits per heavy atom. The van der Waals surface area contributed by atoms with Crippen LogP contribution < -0.4 is 9.47 Å². The number of nitrogens with zero attached hydrogens (tertiary/aromatic N) is 1. The second-order valence-electron chi connectivity index (χ2n) is 6.68. The summed E-state index contributed by atoms with van der Waals surface area (Å²) < 4.78 is 10.9. The number of H-pyrrole nitrogens is 1. The van der Waals surface area contributed by atoms with Crippen LogP contribution >= 0.6 is 11.3 Å². The molecule has 0 spiro atoms. The van der Waals surface area contributed by atoms with Crippen LogP contribution in [0.3, 0.4) is 0 Å². The second-order valence-corrected chi connectivity index (χ2v) is 7.66. The molecule has 2 aromatic carbocycles. The molecule has 5 nitrogen and oxygen atoms in total. The first-order valence-corrected chi connectivity index (χ1v) is 10.2. The van der Waals surface area contributed by atoms with Gasteiger partial charge in [-0.25, -0.2) is 0 Å². The molecule has 2 heterocycles. The fourth-order valence-electron chi connectivity index (χ4n) is 3.38. The minimum absolute atomic E-state index is 0.0347. The number of likely N-dealkylation sites (N-methyl/N-ethyl adjacent to an activating group) is 1. The molecule has 1 amide bonds. The van der Waals surface area contributed by atoms with Crippen LogP contribution in [0.2, 0.25) is 0 Å². The normalized spacial score (nSPS) is 11.9. The van der Waals surface area contributed by atoms with Gasteiger partial charge in [-0.3, -0.25) is 4.79 Å². The van der Waals surface area contributed by atoms with E-state index in [1.54, 1.807) is 35.5 Å². The van der Waals surface area contributed by atoms with Crippen molar-refractivity contribution in [1.82, 2.24) is 9.88 Å². The van der Waals surface area contributed by atoms with Crippen molar-refractivity contribution in [3.05, 3.63) is 82.7 Å². The molecule has 1 N–H and O–H groups in total. The number of para-hydroxylation sites is 1. The van der Waals surface area contributed by atoms with Crippen molar-refractivity contribution < 1.29 is 14.3 Å². The number of thiophene rings is 1. The average molecular weight is 407 g/mol. The van der Waals surface area contributed by atoms with Gasteiger partial charge in [-0.1, -0.05) is 24.3 Å². The van der Waals surface area contributed by atoms with E-state index in [1.165, 1.54) is 0 Å². The molecule has 0 aliphatic heterocycles. The van der Waals surface area contributed by atoms with Gasteiger partial charge in [-0.15, -0.1) is 11.3 Å². The SMILES string of the molecule is COc1ccc(OCC(=O)N(C)[C@H](c2cccs2)c2c[nH]c3ccccc23)cc1. The highest BCUT2D eigenvalue weighted by Gasteiger charge is 2.27. The molecule has 6 heteroatoms. The monoisotopic (exact) mass is 406 g/mol. The van der Waals surface area contributed by atoms with Crippen LogP contribution in [0, 0.1) is 0 Å². The van der Waals surface area contributed by atoms with Crippen molar-refractivity contribution in [1.29, 1.82) is 0 Å². The predicted octanol–water partition coefficient (Wildman–Crippen LogP) is 4.86. The van der Waals surface area contributed by atoms with Gasteiger partial charge in [-0.05, 0) is 41.8 Å². The predicted molar refractivity (Wildman–Crippen MR) is 116 cm³/mol. The molecule has 0 bridgehead atoms. The third-order valence-corrected chi connectivity index (χ3v) is 5.86. The number of hydrogen-bond donors (Lipinski definition) is 1. The van der Waals surface area contributed by atoms with Crippen LogP contribution in [0.25, 0.3) is 10.9 Å². The third kappa shape index (κ3) is 3.98. The van der Waals surface area contributed by atoms with E-state index in [9.17, 15) is 4.79 Å². The van der Waals surface area contributed by atoms with E-state index in [-0.39, 0.29) is 18.6 Å². The molecule has 0 saturated heterocycles. The number of ether oxygens (including phenoxy) is 2. The van der Waals surface area contributed by atoms with Crippen molar-refractivity contribution in [2.24, 2.45) is 0 Å². The van der Waals surface area contributed by atoms with Crippen molar-refractivity contribution in [3.63, 3.8) is 0 Å². The molecular weight excluding hydrogens is 384 g/mol. The molecule has 4 aromatic rings. The molecule has 0 saturated carbocycles. The van der Waals surface area contributed by atoms with E-state index in [4.69, 9.17) is 9.47 Å². The van der Waals surface area contributed by atoms with Crippen molar-refractivity contribution in [2.45, 2.75) is 6.04 Å². The maximum Gasteiger partial charge on any atom is 0.261 e. The molecule has 0 unspecified atom stereocenters. The molecule has 4 rings (SSSR count). The number of benzene rings is 2. The van der Waals surface area contributed by atoms with Gasteiger partial charge in [0.1, 0.15) is 11.5 Å². The van der Waals surface area contributed by atoms with E-state index < -0.39 is 0 Å². The van der Waals surface area contributed by atoms with Crippen LogP contribution in [0.4, 0.5) is 0 Å². The summed E-state index contributed by atoms with van der Waals surface area (Å²) in [7, 11) is 3.44. The van der Waals surface area contributed by atoms with Crippen LogP contribution in [-0.2, 0) is 4.79 Å². The van der Waals surface area contributed by atoms with Gasteiger partial charge in [0.15, 0.2) is 6.61 Å². The van der Waals surface area contributed by atoms with Crippen molar-refractivity contribution in [2.75, 3.05) is 20.8 Å². The summed E-state index contributed by atoms with van der Waals surface area (Å²) >= 11 is 1.64. The van der Waals surface area contributed by atoms with Gasteiger partial charge >= 0.3 is 0 Å². The van der Waals surface area contributed by atoms with Crippen LogP contribution in [0.5, 0.6) is 11.5 Å². The number of carbonyl (C=O) groups excluding carboxylic acids is 1. The highest BCUT2D eigenvalue weighted by Crippen LogP contribution is 2.35. The largest absolute Gasteiger partial charge is 0.497 e. The van der Waals surface area contributed by atoms with Gasteiger partial charge in [0.25, 0.3) is 5.91 Å². The number of carbonyl (C=O) groups is 1. The first-order valence-electron chi connectivity index (χ1n) is 9.29. The highest BCUT2D eigenvalue weighted by molar-refractivity contribution is 7.10. The summed E-state index contributed by atoms with van der Waals surface area (Å²) in [4.78, 5) is 19.2. The van der Waals surface area contributed by atoms with Crippen LogP contribution in [-0.4, -0.2) is 36.6 Å². The second kappa shape index (κ2) is 8.41. The molecule has 0 radical (unpaired) electrons. The van der Waals surface area contributed by atoms with E-state index in [2.05, 4.69) is 17.1 Å². The molecule has 2 aromatic heterocycles. The van der Waals surface area contributed by atoms with Crippen molar-refractivity contribution in [3.8, 4) is 11.5 Å². The standard InChI is InChI=1S/C23H22N2O3S/c1-25(22(26)15-28-17-11-9-16(27-2)10-12-17)23(21-8-5-13-29-21)19-14-24-20-7-4-3-6-18(19)20/h3-14,23-24H,15H2,1-2H3/t23-/m0/s1. The minimum Gasteiger partial charge on any atom is -0.497 e. The average Bonchev–Trinajstić information content (AvgIpc) is 3.43. The quantitative estimate of drug-likeness (QED) is 0.477. The Labute approximate surface area is 173 Å². The summed E-state index contributed by atoms with van der Waals surface area (Å²) in [6.07, 6.45) is 1.99. The van der Waals surface area contributed by atoms with Gasteiger partial charge in [0.2, 0.25) is 0 Å². The Morgan fingerprint density at radius 2 is 1.83 bits per heavy atom. The van der Waals surface area contributed by atoms with Crippen LogP contribution in [0.1, 0.15) is 16.5 Å². The lowest BCUT2D eigenvalue weighted by molar-refractivity contribution is -0.133. The first kappa shape index (κ1) is 19.1. The fraction of sp³-hybridized carbons (Fsp3) is 0.174. The lowest BCUT2D eigenvalue weighted by Gasteiger charge is -2.27. The summed E-state index contributed by atoms with van der Waals surface area (Å²) in [6, 6.07) is 19.2. The molecule has 0 aliphatic rings. The Balaban J connectivity index is 1.56. The summed E-state index contributed by atoms with van der Waals surface area (Å²) in [6.45, 7) is -0.0347. The molecular formula is C23H22N2O3S. The summed E-state index contributed by atoms with van der Waals surface area (Å²) in [5, 5.41) is 3.14. The highest BCUT2D eigenvalue weighted by atomic mass is 32.1. The lowest BCUT2D eigenvalue weighted by atomic mass is 10.0. The van der Waals surface area contributed by atoms with Crippen LogP contribution in [0.15, 0.2) is 72.2 Å². The molecule has 148 valence electrons. The Morgan fingerprint density at radius 3 is 2.55 bits per heavy atom. The van der Waals surface area contributed by atoms with E-state index in [0.717, 1.165) is 27.1 Å². The lowest BCUT2D eigenvalue weighted by Crippen LogP contribution is -2.35. The Hall–Kier alpha value is -3.25. The van der Waals surface area contributed by atoms with Crippen molar-refractivity contribution >= 4 is 28.1 Å². The summed E-state index contributed by atoms with van der Waals surface area (Å²) in [5.41, 5.74) is 2.13. The van der Waals surface area contributed by atoms with E-state index >= 15 is 0 Å². The number of methoxy groups -OCH3 is 1. The first-order chi connectivity index (χ1) is 14.2. The topological polar surface area (TPSA) is 54.6 Å². The zero-order chi connectivity index (χ0) is 20.2. The number of rotatable bonds is 7. The number of aromatic amines is 1. The number of nitrogens with one attached hydrogen (secondary N) is 1. The molecule has 0 aliphatic carbocycles. The number of hydrogen-bond acceptors (Lipinski definition) is 4. The number of fused-ring (bicyclic) bond motifs is 1.